The van der Waals surface area contributed by atoms with Crippen LogP contribution in [0.2, 0.25) is 0 Å². The SMILES string of the molecule is CCCC(C)CC(C)c1ccc2c(c1)c1ccc(Oc3[c-]c(-n4nc(C)c(-c5ccccc5)c4C)ccc3)[c-]c1n2-c1cc(F)ccn1.[Pt+2]. The van der Waals surface area contributed by atoms with Gasteiger partial charge in [0.1, 0.15) is 11.6 Å². The fourth-order valence-electron chi connectivity index (χ4n) is 7.05. The molecule has 2 unspecified atom stereocenters. The van der Waals surface area contributed by atoms with Crippen molar-refractivity contribution in [2.75, 3.05) is 0 Å². The molecular formula is C42H39FN4OPt. The zero-order valence-electron chi connectivity index (χ0n) is 28.4. The first-order valence-electron chi connectivity index (χ1n) is 16.7. The Kier molecular flexibility index (Phi) is 10.2. The van der Waals surface area contributed by atoms with Gasteiger partial charge in [0.2, 0.25) is 0 Å². The monoisotopic (exact) mass is 829 g/mol. The van der Waals surface area contributed by atoms with Crippen molar-refractivity contribution in [2.45, 2.75) is 59.8 Å². The fourth-order valence-corrected chi connectivity index (χ4v) is 7.05. The number of fused-ring (bicyclic) bond motifs is 3. The molecule has 2 atom stereocenters. The maximum absolute atomic E-state index is 14.5. The van der Waals surface area contributed by atoms with Crippen LogP contribution in [-0.4, -0.2) is 19.3 Å². The standard InChI is InChI=1S/C42H39FN4O.Pt/c1-6-11-27(2)22-28(3)32-16-19-39-38(23-32)37-18-17-36(26-40(37)46(39)41-24-33(43)20-21-44-41)48-35-15-10-14-34(25-35)47-30(5)42(29(4)45-47)31-12-8-7-9-13-31;/h7-10,12-21,23-24,27-28H,6,11,22H2,1-5H3;/q-2;+2. The second-order valence-electron chi connectivity index (χ2n) is 12.9. The Balaban J connectivity index is 0.00000417. The average Bonchev–Trinajstić information content (AvgIpc) is 3.57. The van der Waals surface area contributed by atoms with Crippen LogP contribution < -0.4 is 4.74 Å². The Morgan fingerprint density at radius 2 is 1.65 bits per heavy atom. The molecule has 0 bridgehead atoms. The minimum atomic E-state index is -0.344. The minimum absolute atomic E-state index is 0. The summed E-state index contributed by atoms with van der Waals surface area (Å²) in [6.07, 6.45) is 5.05. The molecule has 0 fully saturated rings. The van der Waals surface area contributed by atoms with E-state index in [1.807, 2.05) is 58.6 Å². The number of ether oxygens (including phenoxy) is 1. The Bertz CT molecular complexity index is 2240. The summed E-state index contributed by atoms with van der Waals surface area (Å²) in [6.45, 7) is 11.0. The molecule has 0 radical (unpaired) electrons. The van der Waals surface area contributed by atoms with E-state index < -0.39 is 0 Å². The number of benzene rings is 4. The number of pyridine rings is 1. The fraction of sp³-hybridized carbons (Fsp3) is 0.238. The van der Waals surface area contributed by atoms with Gasteiger partial charge in [-0.15, -0.1) is 35.7 Å². The van der Waals surface area contributed by atoms with Gasteiger partial charge in [0, 0.05) is 40.5 Å². The molecule has 0 aliphatic carbocycles. The summed E-state index contributed by atoms with van der Waals surface area (Å²) in [5.41, 5.74) is 8.01. The Labute approximate surface area is 302 Å². The van der Waals surface area contributed by atoms with Gasteiger partial charge in [0.05, 0.1) is 5.69 Å². The molecule has 3 heterocycles. The van der Waals surface area contributed by atoms with Crippen LogP contribution in [0.3, 0.4) is 0 Å². The van der Waals surface area contributed by atoms with Gasteiger partial charge in [-0.25, -0.2) is 9.37 Å². The van der Waals surface area contributed by atoms with Gasteiger partial charge in [-0.2, -0.15) is 17.2 Å². The molecule has 7 rings (SSSR count). The van der Waals surface area contributed by atoms with Gasteiger partial charge in [-0.3, -0.25) is 4.68 Å². The third-order valence-electron chi connectivity index (χ3n) is 9.27. The topological polar surface area (TPSA) is 44.9 Å². The summed E-state index contributed by atoms with van der Waals surface area (Å²) in [5.74, 6) is 2.30. The second kappa shape index (κ2) is 14.5. The minimum Gasteiger partial charge on any atom is -0.509 e. The molecule has 0 saturated carbocycles. The summed E-state index contributed by atoms with van der Waals surface area (Å²) in [6, 6.07) is 36.4. The van der Waals surface area contributed by atoms with Crippen LogP contribution in [0.5, 0.6) is 11.5 Å². The summed E-state index contributed by atoms with van der Waals surface area (Å²) in [4.78, 5) is 4.54. The molecule has 0 aliphatic heterocycles. The molecule has 0 aliphatic rings. The van der Waals surface area contributed by atoms with E-state index in [-0.39, 0.29) is 26.9 Å². The first-order valence-corrected chi connectivity index (χ1v) is 16.7. The molecule has 0 spiro atoms. The van der Waals surface area contributed by atoms with E-state index in [1.165, 1.54) is 36.7 Å². The number of hydrogen-bond acceptors (Lipinski definition) is 3. The molecule has 0 amide bonds. The van der Waals surface area contributed by atoms with E-state index in [4.69, 9.17) is 9.84 Å². The molecule has 7 aromatic rings. The van der Waals surface area contributed by atoms with Crippen molar-refractivity contribution >= 4 is 21.8 Å². The summed E-state index contributed by atoms with van der Waals surface area (Å²) < 4.78 is 24.8. The largest absolute Gasteiger partial charge is 2.00 e. The van der Waals surface area contributed by atoms with E-state index in [0.717, 1.165) is 56.4 Å². The van der Waals surface area contributed by atoms with Crippen molar-refractivity contribution in [3.63, 3.8) is 0 Å². The maximum atomic E-state index is 14.5. The second-order valence-corrected chi connectivity index (χ2v) is 12.9. The zero-order chi connectivity index (χ0) is 33.4. The number of aromatic nitrogens is 4. The van der Waals surface area contributed by atoms with Crippen LogP contribution in [-0.2, 0) is 21.1 Å². The number of hydrogen-bond donors (Lipinski definition) is 0. The molecule has 4 aromatic carbocycles. The molecule has 0 N–H and O–H groups in total. The van der Waals surface area contributed by atoms with Crippen molar-refractivity contribution in [3.05, 3.63) is 132 Å². The Hall–Kier alpha value is -4.54. The summed E-state index contributed by atoms with van der Waals surface area (Å²) in [5, 5.41) is 6.94. The molecule has 7 heteroatoms. The van der Waals surface area contributed by atoms with E-state index in [0.29, 0.717) is 29.2 Å². The molecule has 5 nitrogen and oxygen atoms in total. The van der Waals surface area contributed by atoms with Crippen molar-refractivity contribution in [2.24, 2.45) is 5.92 Å². The van der Waals surface area contributed by atoms with Gasteiger partial charge in [0.25, 0.3) is 0 Å². The van der Waals surface area contributed by atoms with Crippen molar-refractivity contribution in [3.8, 4) is 34.1 Å². The van der Waals surface area contributed by atoms with Gasteiger partial charge < -0.3 is 9.30 Å². The molecule has 49 heavy (non-hydrogen) atoms. The maximum Gasteiger partial charge on any atom is 2.00 e. The Morgan fingerprint density at radius 3 is 2.43 bits per heavy atom. The third-order valence-corrected chi connectivity index (χ3v) is 9.27. The predicted octanol–water partition coefficient (Wildman–Crippen LogP) is 11.1. The smallest absolute Gasteiger partial charge is 0.509 e. The predicted molar refractivity (Wildman–Crippen MR) is 192 cm³/mol. The first-order chi connectivity index (χ1) is 23.3. The third kappa shape index (κ3) is 6.85. The van der Waals surface area contributed by atoms with E-state index in [9.17, 15) is 4.39 Å². The van der Waals surface area contributed by atoms with Gasteiger partial charge in [0.15, 0.2) is 0 Å². The summed E-state index contributed by atoms with van der Waals surface area (Å²) in [7, 11) is 0. The Morgan fingerprint density at radius 1 is 0.857 bits per heavy atom. The number of aryl methyl sites for hydroxylation is 1. The van der Waals surface area contributed by atoms with Crippen LogP contribution >= 0.6 is 0 Å². The van der Waals surface area contributed by atoms with Crippen LogP contribution in [0.1, 0.15) is 62.9 Å². The van der Waals surface area contributed by atoms with Gasteiger partial charge in [-0.05, 0) is 66.4 Å². The summed E-state index contributed by atoms with van der Waals surface area (Å²) >= 11 is 0. The molecule has 3 aromatic heterocycles. The van der Waals surface area contributed by atoms with Gasteiger partial charge >= 0.3 is 21.1 Å². The molecular weight excluding hydrogens is 791 g/mol. The van der Waals surface area contributed by atoms with Crippen LogP contribution in [0.4, 0.5) is 4.39 Å². The molecule has 0 saturated heterocycles. The van der Waals surface area contributed by atoms with Crippen LogP contribution in [0.15, 0.2) is 97.2 Å². The zero-order valence-corrected chi connectivity index (χ0v) is 30.7. The van der Waals surface area contributed by atoms with E-state index >= 15 is 0 Å². The normalized spacial score (nSPS) is 12.6. The van der Waals surface area contributed by atoms with Crippen molar-refractivity contribution in [1.82, 2.24) is 19.3 Å². The number of halogens is 1. The first kappa shape index (κ1) is 34.3. The molecule has 250 valence electrons. The van der Waals surface area contributed by atoms with E-state index in [1.54, 1.807) is 0 Å². The number of rotatable bonds is 10. The van der Waals surface area contributed by atoms with Crippen molar-refractivity contribution < 1.29 is 30.2 Å². The van der Waals surface area contributed by atoms with Crippen LogP contribution in [0, 0.1) is 37.7 Å². The average molecular weight is 830 g/mol. The van der Waals surface area contributed by atoms with Gasteiger partial charge in [-0.1, -0.05) is 81.6 Å². The quantitative estimate of drug-likeness (QED) is 0.129. The van der Waals surface area contributed by atoms with E-state index in [2.05, 4.69) is 81.2 Å². The van der Waals surface area contributed by atoms with Crippen molar-refractivity contribution in [1.29, 1.82) is 0 Å². The van der Waals surface area contributed by atoms with Crippen LogP contribution in [0.25, 0.3) is 44.4 Å². The number of nitrogens with zero attached hydrogens (tertiary/aromatic N) is 4.